The summed E-state index contributed by atoms with van der Waals surface area (Å²) in [6, 6.07) is 5.26. The van der Waals surface area contributed by atoms with Crippen molar-refractivity contribution < 1.29 is 18.0 Å². The molecule has 2 aliphatic carbocycles. The summed E-state index contributed by atoms with van der Waals surface area (Å²) in [5.41, 5.74) is 2.13. The second-order valence-corrected chi connectivity index (χ2v) is 7.20. The predicted octanol–water partition coefficient (Wildman–Crippen LogP) is 3.74. The highest BCUT2D eigenvalue weighted by Gasteiger charge is 2.45. The zero-order valence-electron chi connectivity index (χ0n) is 14.4. The first kappa shape index (κ1) is 17.1. The van der Waals surface area contributed by atoms with Gasteiger partial charge in [-0.05, 0) is 43.2 Å². The van der Waals surface area contributed by atoms with Crippen molar-refractivity contribution in [3.63, 3.8) is 0 Å². The Morgan fingerprint density at radius 1 is 1.35 bits per heavy atom. The summed E-state index contributed by atoms with van der Waals surface area (Å²) in [4.78, 5) is 12.6. The number of carbonyl (C=O) groups excluding carboxylic acids is 1. The zero-order chi connectivity index (χ0) is 18.5. The first-order chi connectivity index (χ1) is 12.3. The van der Waals surface area contributed by atoms with Crippen molar-refractivity contribution >= 4 is 5.91 Å². The Bertz CT molecular complexity index is 843. The van der Waals surface area contributed by atoms with Crippen LogP contribution < -0.4 is 5.32 Å². The van der Waals surface area contributed by atoms with Crippen LogP contribution in [0, 0.1) is 5.92 Å². The molecule has 2 aromatic rings. The topological polar surface area (TPSA) is 46.9 Å². The summed E-state index contributed by atoms with van der Waals surface area (Å²) >= 11 is 0. The Kier molecular flexibility index (Phi) is 4.04. The molecule has 4 nitrogen and oxygen atoms in total. The van der Waals surface area contributed by atoms with Gasteiger partial charge in [0.25, 0.3) is 0 Å². The molecule has 0 radical (unpaired) electrons. The Morgan fingerprint density at radius 2 is 2.15 bits per heavy atom. The van der Waals surface area contributed by atoms with Crippen LogP contribution >= 0.6 is 0 Å². The lowest BCUT2D eigenvalue weighted by Gasteiger charge is -2.24. The molecule has 4 rings (SSSR count). The fourth-order valence-corrected chi connectivity index (χ4v) is 3.93. The molecule has 1 saturated carbocycles. The van der Waals surface area contributed by atoms with Crippen molar-refractivity contribution in [2.45, 2.75) is 43.8 Å². The lowest BCUT2D eigenvalue weighted by Crippen LogP contribution is -2.32. The molecule has 0 aliphatic heterocycles. The summed E-state index contributed by atoms with van der Waals surface area (Å²) in [6.45, 7) is 0. The van der Waals surface area contributed by atoms with Crippen LogP contribution in [0.5, 0.6) is 0 Å². The van der Waals surface area contributed by atoms with E-state index in [1.807, 2.05) is 11.7 Å². The lowest BCUT2D eigenvalue weighted by molar-refractivity contribution is -0.137. The SMILES string of the molecule is Cn1ncc2c1CCCC2NC(=O)C1CC1c1cccc(C(F)(F)F)c1. The van der Waals surface area contributed by atoms with Gasteiger partial charge in [0.05, 0.1) is 17.8 Å². The molecule has 1 N–H and O–H groups in total. The summed E-state index contributed by atoms with van der Waals surface area (Å²) < 4.78 is 40.5. The Labute approximate surface area is 149 Å². The molecular formula is C19H20F3N3O. The number of halogens is 3. The molecule has 3 atom stereocenters. The van der Waals surface area contributed by atoms with Crippen molar-refractivity contribution in [1.29, 1.82) is 0 Å². The molecule has 7 heteroatoms. The fourth-order valence-electron chi connectivity index (χ4n) is 3.93. The molecule has 0 spiro atoms. The standard InChI is InChI=1S/C19H20F3N3O/c1-25-17-7-3-6-16(15(17)10-23-25)24-18(26)14-9-13(14)11-4-2-5-12(8-11)19(20,21)22/h2,4-5,8,10,13-14,16H,3,6-7,9H2,1H3,(H,24,26). The number of benzene rings is 1. The van der Waals surface area contributed by atoms with Crippen LogP contribution in [0.25, 0.3) is 0 Å². The van der Waals surface area contributed by atoms with E-state index in [1.165, 1.54) is 6.07 Å². The van der Waals surface area contributed by atoms with E-state index in [9.17, 15) is 18.0 Å². The van der Waals surface area contributed by atoms with Gasteiger partial charge >= 0.3 is 6.18 Å². The first-order valence-electron chi connectivity index (χ1n) is 8.83. The maximum Gasteiger partial charge on any atom is 0.416 e. The number of carbonyl (C=O) groups is 1. The van der Waals surface area contributed by atoms with E-state index in [2.05, 4.69) is 10.4 Å². The number of fused-ring (bicyclic) bond motifs is 1. The highest BCUT2D eigenvalue weighted by molar-refractivity contribution is 5.83. The maximum absolute atomic E-state index is 12.9. The molecule has 1 heterocycles. The molecule has 1 aromatic carbocycles. The van der Waals surface area contributed by atoms with Crippen LogP contribution in [0.15, 0.2) is 30.5 Å². The van der Waals surface area contributed by atoms with Crippen LogP contribution in [0.2, 0.25) is 0 Å². The maximum atomic E-state index is 12.9. The molecule has 138 valence electrons. The second kappa shape index (κ2) is 6.14. The van der Waals surface area contributed by atoms with Gasteiger partial charge in [-0.3, -0.25) is 9.48 Å². The number of hydrogen-bond acceptors (Lipinski definition) is 2. The van der Waals surface area contributed by atoms with Crippen LogP contribution in [-0.2, 0) is 24.4 Å². The van der Waals surface area contributed by atoms with Gasteiger partial charge in [-0.2, -0.15) is 18.3 Å². The lowest BCUT2D eigenvalue weighted by atomic mass is 9.93. The number of nitrogens with one attached hydrogen (secondary N) is 1. The number of hydrogen-bond donors (Lipinski definition) is 1. The third-order valence-corrected chi connectivity index (χ3v) is 5.46. The van der Waals surface area contributed by atoms with Gasteiger partial charge in [0.1, 0.15) is 0 Å². The number of amides is 1. The molecule has 1 amide bonds. The Balaban J connectivity index is 1.44. The van der Waals surface area contributed by atoms with Crippen molar-refractivity contribution in [3.8, 4) is 0 Å². The van der Waals surface area contributed by atoms with Gasteiger partial charge in [0.2, 0.25) is 5.91 Å². The molecule has 2 aliphatic rings. The zero-order valence-corrected chi connectivity index (χ0v) is 14.4. The van der Waals surface area contributed by atoms with E-state index in [0.29, 0.717) is 12.0 Å². The van der Waals surface area contributed by atoms with Crippen molar-refractivity contribution in [2.75, 3.05) is 0 Å². The molecule has 1 aromatic heterocycles. The molecule has 3 unspecified atom stereocenters. The number of rotatable bonds is 3. The quantitative estimate of drug-likeness (QED) is 0.903. The second-order valence-electron chi connectivity index (χ2n) is 7.20. The van der Waals surface area contributed by atoms with Crippen LogP contribution in [-0.4, -0.2) is 15.7 Å². The average molecular weight is 363 g/mol. The first-order valence-corrected chi connectivity index (χ1v) is 8.83. The summed E-state index contributed by atoms with van der Waals surface area (Å²) in [5, 5.41) is 7.35. The van der Waals surface area contributed by atoms with Gasteiger partial charge in [0.15, 0.2) is 0 Å². The highest BCUT2D eigenvalue weighted by Crippen LogP contribution is 2.49. The van der Waals surface area contributed by atoms with Crippen LogP contribution in [0.4, 0.5) is 13.2 Å². The van der Waals surface area contributed by atoms with Gasteiger partial charge in [0, 0.05) is 24.2 Å². The van der Waals surface area contributed by atoms with E-state index < -0.39 is 11.7 Å². The molecular weight excluding hydrogens is 343 g/mol. The largest absolute Gasteiger partial charge is 0.416 e. The number of aromatic nitrogens is 2. The summed E-state index contributed by atoms with van der Waals surface area (Å²) in [5.74, 6) is -0.455. The number of alkyl halides is 3. The fraction of sp³-hybridized carbons (Fsp3) is 0.474. The smallest absolute Gasteiger partial charge is 0.349 e. The van der Waals surface area contributed by atoms with E-state index in [-0.39, 0.29) is 23.8 Å². The van der Waals surface area contributed by atoms with Gasteiger partial charge in [-0.15, -0.1) is 0 Å². The van der Waals surface area contributed by atoms with Crippen LogP contribution in [0.1, 0.15) is 53.6 Å². The number of aryl methyl sites for hydroxylation is 1. The Hall–Kier alpha value is -2.31. The molecule has 1 fully saturated rings. The van der Waals surface area contributed by atoms with Crippen molar-refractivity contribution in [3.05, 3.63) is 52.8 Å². The molecule has 26 heavy (non-hydrogen) atoms. The number of nitrogens with zero attached hydrogens (tertiary/aromatic N) is 2. The van der Waals surface area contributed by atoms with E-state index in [1.54, 1.807) is 12.3 Å². The minimum atomic E-state index is -4.36. The van der Waals surface area contributed by atoms with Crippen molar-refractivity contribution in [1.82, 2.24) is 15.1 Å². The average Bonchev–Trinajstić information content (AvgIpc) is 3.32. The van der Waals surface area contributed by atoms with Gasteiger partial charge in [-0.1, -0.05) is 18.2 Å². The minimum absolute atomic E-state index is 0.0530. The Morgan fingerprint density at radius 3 is 2.92 bits per heavy atom. The van der Waals surface area contributed by atoms with E-state index in [0.717, 1.165) is 42.7 Å². The third kappa shape index (κ3) is 3.10. The molecule has 0 saturated heterocycles. The van der Waals surface area contributed by atoms with Crippen LogP contribution in [0.3, 0.4) is 0 Å². The monoisotopic (exact) mass is 363 g/mol. The summed E-state index contributed by atoms with van der Waals surface area (Å²) in [7, 11) is 1.90. The highest BCUT2D eigenvalue weighted by atomic mass is 19.4. The van der Waals surface area contributed by atoms with Crippen molar-refractivity contribution in [2.24, 2.45) is 13.0 Å². The predicted molar refractivity (Wildman–Crippen MR) is 89.3 cm³/mol. The van der Waals surface area contributed by atoms with Gasteiger partial charge in [-0.25, -0.2) is 0 Å². The minimum Gasteiger partial charge on any atom is -0.349 e. The summed E-state index contributed by atoms with van der Waals surface area (Å²) in [6.07, 6.45) is 0.844. The normalized spacial score (nSPS) is 24.8. The van der Waals surface area contributed by atoms with E-state index >= 15 is 0 Å². The third-order valence-electron chi connectivity index (χ3n) is 5.46. The van der Waals surface area contributed by atoms with E-state index in [4.69, 9.17) is 0 Å². The van der Waals surface area contributed by atoms with Gasteiger partial charge < -0.3 is 5.32 Å². The molecule has 0 bridgehead atoms.